The summed E-state index contributed by atoms with van der Waals surface area (Å²) in [4.78, 5) is 43.2. The predicted molar refractivity (Wildman–Crippen MR) is 49.3 cm³/mol. The monoisotopic (exact) mass is 271 g/mol. The topological polar surface area (TPSA) is 161 Å². The molecule has 0 aliphatic carbocycles. The van der Waals surface area contributed by atoms with E-state index in [2.05, 4.69) is 0 Å². The van der Waals surface area contributed by atoms with Crippen molar-refractivity contribution in [1.29, 1.82) is 0 Å². The van der Waals surface area contributed by atoms with Gasteiger partial charge < -0.3 is 21.9 Å². The van der Waals surface area contributed by atoms with Gasteiger partial charge in [0.05, 0.1) is 11.8 Å². The summed E-state index contributed by atoms with van der Waals surface area (Å²) in [6.45, 7) is 0. The van der Waals surface area contributed by atoms with E-state index in [1.54, 1.807) is 0 Å². The zero-order valence-corrected chi connectivity index (χ0v) is 11.2. The molecule has 10 heteroatoms. The molecule has 0 aromatic carbocycles. The number of hydrogen-bond acceptors (Lipinski definition) is 5. The van der Waals surface area contributed by atoms with E-state index in [0.717, 1.165) is 0 Å². The standard InChI is InChI=1S/C8H9NO8.Na.H/c10-5(11)1-2(6(12)13)4(8(16)17)9-3(1)7(14)15;;/h1-4,9H,(H,10,11)(H,12,13)(H,14,15)(H,16,17);;/q;+1;-1. The van der Waals surface area contributed by atoms with Crippen molar-refractivity contribution in [2.75, 3.05) is 0 Å². The van der Waals surface area contributed by atoms with Crippen LogP contribution in [0.3, 0.4) is 0 Å². The summed E-state index contributed by atoms with van der Waals surface area (Å²) in [6.07, 6.45) is 0. The van der Waals surface area contributed by atoms with Crippen molar-refractivity contribution in [2.45, 2.75) is 12.1 Å². The van der Waals surface area contributed by atoms with Crippen LogP contribution >= 0.6 is 0 Å². The molecule has 0 bridgehead atoms. The van der Waals surface area contributed by atoms with Gasteiger partial charge in [0.15, 0.2) is 0 Å². The molecule has 1 fully saturated rings. The van der Waals surface area contributed by atoms with Crippen molar-refractivity contribution in [2.24, 2.45) is 11.8 Å². The van der Waals surface area contributed by atoms with Crippen LogP contribution in [0.4, 0.5) is 0 Å². The SMILES string of the molecule is O=C(O)C1NC(C(=O)O)C(C(=O)O)C1C(=O)O.[H-].[Na+]. The summed E-state index contributed by atoms with van der Waals surface area (Å²) in [6, 6.07) is -3.48. The molecule has 1 aliphatic heterocycles. The van der Waals surface area contributed by atoms with E-state index in [1.165, 1.54) is 0 Å². The Balaban J connectivity index is 0. The molecule has 18 heavy (non-hydrogen) atoms. The van der Waals surface area contributed by atoms with Crippen LogP contribution in [-0.2, 0) is 19.2 Å². The maximum Gasteiger partial charge on any atom is 1.00 e. The van der Waals surface area contributed by atoms with E-state index in [0.29, 0.717) is 0 Å². The van der Waals surface area contributed by atoms with Crippen LogP contribution in [0, 0.1) is 11.8 Å². The first-order valence-corrected chi connectivity index (χ1v) is 4.44. The molecule has 5 N–H and O–H groups in total. The second-order valence-corrected chi connectivity index (χ2v) is 3.53. The molecule has 4 atom stereocenters. The minimum atomic E-state index is -1.83. The molecule has 1 heterocycles. The van der Waals surface area contributed by atoms with E-state index in [1.807, 2.05) is 5.32 Å². The fraction of sp³-hybridized carbons (Fsp3) is 0.500. The Hall–Kier alpha value is -1.16. The Morgan fingerprint density at radius 2 is 1.00 bits per heavy atom. The van der Waals surface area contributed by atoms with Gasteiger partial charge in [-0.05, 0) is 0 Å². The molecule has 9 nitrogen and oxygen atoms in total. The van der Waals surface area contributed by atoms with Crippen LogP contribution in [0.25, 0.3) is 0 Å². The van der Waals surface area contributed by atoms with Crippen LogP contribution in [0.15, 0.2) is 0 Å². The maximum absolute atomic E-state index is 10.8. The molecule has 0 spiro atoms. The minimum Gasteiger partial charge on any atom is -1.00 e. The third-order valence-electron chi connectivity index (χ3n) is 2.57. The van der Waals surface area contributed by atoms with E-state index in [-0.39, 0.29) is 31.0 Å². The van der Waals surface area contributed by atoms with E-state index in [4.69, 9.17) is 20.4 Å². The van der Waals surface area contributed by atoms with Crippen LogP contribution in [0.2, 0.25) is 0 Å². The summed E-state index contributed by atoms with van der Waals surface area (Å²) < 4.78 is 0. The Labute approximate surface area is 124 Å². The minimum absolute atomic E-state index is 0. The molecule has 0 aromatic rings. The van der Waals surface area contributed by atoms with Gasteiger partial charge in [-0.15, -0.1) is 0 Å². The molecule has 1 aliphatic rings. The van der Waals surface area contributed by atoms with E-state index >= 15 is 0 Å². The van der Waals surface area contributed by atoms with E-state index in [9.17, 15) is 19.2 Å². The number of carboxylic acids is 4. The Morgan fingerprint density at radius 1 is 0.722 bits per heavy atom. The molecule has 1 rings (SSSR count). The second-order valence-electron chi connectivity index (χ2n) is 3.53. The van der Waals surface area contributed by atoms with Crippen LogP contribution in [-0.4, -0.2) is 56.4 Å². The van der Waals surface area contributed by atoms with Crippen molar-refractivity contribution in [3.8, 4) is 0 Å². The maximum atomic E-state index is 10.8. The van der Waals surface area contributed by atoms with E-state index < -0.39 is 47.8 Å². The van der Waals surface area contributed by atoms with Gasteiger partial charge in [-0.25, -0.2) is 0 Å². The Morgan fingerprint density at radius 3 is 1.17 bits per heavy atom. The third-order valence-corrected chi connectivity index (χ3v) is 2.57. The van der Waals surface area contributed by atoms with Crippen molar-refractivity contribution >= 4 is 23.9 Å². The van der Waals surface area contributed by atoms with Gasteiger partial charge in [0, 0.05) is 0 Å². The number of rotatable bonds is 4. The average molecular weight is 271 g/mol. The Bertz CT molecular complexity index is 366. The van der Waals surface area contributed by atoms with Crippen LogP contribution in [0.1, 0.15) is 1.43 Å². The van der Waals surface area contributed by atoms with Crippen molar-refractivity contribution in [1.82, 2.24) is 5.32 Å². The fourth-order valence-corrected chi connectivity index (χ4v) is 1.86. The zero-order valence-electron chi connectivity index (χ0n) is 10.2. The summed E-state index contributed by atoms with van der Waals surface area (Å²) in [5, 5.41) is 37.0. The predicted octanol–water partition coefficient (Wildman–Crippen LogP) is -4.99. The summed E-state index contributed by atoms with van der Waals surface area (Å²) >= 11 is 0. The zero-order chi connectivity index (χ0) is 13.3. The van der Waals surface area contributed by atoms with Crippen molar-refractivity contribution in [3.63, 3.8) is 0 Å². The summed E-state index contributed by atoms with van der Waals surface area (Å²) in [5.74, 6) is -10.2. The molecule has 4 unspecified atom stereocenters. The Kier molecular flexibility index (Phi) is 5.74. The number of carboxylic acid groups (broad SMARTS) is 4. The third kappa shape index (κ3) is 2.99. The van der Waals surface area contributed by atoms with Crippen LogP contribution in [0.5, 0.6) is 0 Å². The molecule has 0 aromatic heterocycles. The van der Waals surface area contributed by atoms with Crippen molar-refractivity contribution < 1.29 is 70.6 Å². The smallest absolute Gasteiger partial charge is 1.00 e. The fourth-order valence-electron chi connectivity index (χ4n) is 1.86. The molecule has 96 valence electrons. The first-order valence-electron chi connectivity index (χ1n) is 4.44. The molecular formula is C8H10NNaO8. The normalized spacial score (nSPS) is 30.2. The number of aliphatic carboxylic acids is 4. The second kappa shape index (κ2) is 6.14. The quantitative estimate of drug-likeness (QED) is 0.315. The number of nitrogens with one attached hydrogen (secondary N) is 1. The molecular weight excluding hydrogens is 261 g/mol. The van der Waals surface area contributed by atoms with Gasteiger partial charge in [0.2, 0.25) is 0 Å². The first kappa shape index (κ1) is 16.8. The average Bonchev–Trinajstić information content (AvgIpc) is 2.56. The molecule has 0 saturated carbocycles. The summed E-state index contributed by atoms with van der Waals surface area (Å²) in [5.41, 5.74) is 0. The van der Waals surface area contributed by atoms with Gasteiger partial charge in [-0.3, -0.25) is 24.5 Å². The molecule has 0 amide bonds. The summed E-state index contributed by atoms with van der Waals surface area (Å²) in [7, 11) is 0. The largest absolute Gasteiger partial charge is 1.00 e. The van der Waals surface area contributed by atoms with Crippen LogP contribution < -0.4 is 34.9 Å². The van der Waals surface area contributed by atoms with Gasteiger partial charge in [0.25, 0.3) is 0 Å². The number of carbonyl (C=O) groups is 4. The van der Waals surface area contributed by atoms with Crippen molar-refractivity contribution in [3.05, 3.63) is 0 Å². The van der Waals surface area contributed by atoms with Gasteiger partial charge in [-0.2, -0.15) is 0 Å². The molecule has 0 radical (unpaired) electrons. The first-order chi connectivity index (χ1) is 7.77. The van der Waals surface area contributed by atoms with Gasteiger partial charge in [-0.1, -0.05) is 0 Å². The van der Waals surface area contributed by atoms with Gasteiger partial charge in [0.1, 0.15) is 12.1 Å². The number of hydrogen-bond donors (Lipinski definition) is 5. The molecule has 1 saturated heterocycles. The van der Waals surface area contributed by atoms with Gasteiger partial charge >= 0.3 is 53.4 Å².